The van der Waals surface area contributed by atoms with Crippen LogP contribution in [0, 0.1) is 12.7 Å². The molecule has 0 atom stereocenters. The topological polar surface area (TPSA) is 92.9 Å². The first-order valence-corrected chi connectivity index (χ1v) is 9.79. The van der Waals surface area contributed by atoms with Crippen LogP contribution in [-0.4, -0.2) is 26.2 Å². The van der Waals surface area contributed by atoms with Gasteiger partial charge in [-0.25, -0.2) is 9.37 Å². The van der Waals surface area contributed by atoms with Crippen LogP contribution in [0.2, 0.25) is 0 Å². The number of para-hydroxylation sites is 1. The quantitative estimate of drug-likeness (QED) is 0.373. The summed E-state index contributed by atoms with van der Waals surface area (Å²) in [6.45, 7) is 2.02. The van der Waals surface area contributed by atoms with Crippen molar-refractivity contribution in [2.24, 2.45) is 0 Å². The number of anilines is 1. The molecule has 7 nitrogen and oxygen atoms in total. The minimum Gasteiger partial charge on any atom is -0.467 e. The number of hydrogen-bond acceptors (Lipinski definition) is 5. The van der Waals surface area contributed by atoms with Gasteiger partial charge in [-0.2, -0.15) is 0 Å². The lowest BCUT2D eigenvalue weighted by atomic mass is 10.3. The Morgan fingerprint density at radius 2 is 2.14 bits per heavy atom. The average molecular weight is 412 g/mol. The second kappa shape index (κ2) is 7.96. The second-order valence-corrected chi connectivity index (χ2v) is 7.34. The predicted molar refractivity (Wildman–Crippen MR) is 109 cm³/mol. The van der Waals surface area contributed by atoms with Crippen LogP contribution in [0.1, 0.15) is 11.5 Å². The highest BCUT2D eigenvalue weighted by Gasteiger charge is 2.16. The number of thioether (sulfide) groups is 1. The molecule has 0 aliphatic heterocycles. The summed E-state index contributed by atoms with van der Waals surface area (Å²) in [4.78, 5) is 32.8. The number of carbonyl (C=O) groups excluding carboxylic acids is 1. The van der Waals surface area contributed by atoms with E-state index in [0.29, 0.717) is 22.0 Å². The Bertz CT molecular complexity index is 1230. The Morgan fingerprint density at radius 3 is 2.90 bits per heavy atom. The van der Waals surface area contributed by atoms with E-state index in [-0.39, 0.29) is 23.5 Å². The lowest BCUT2D eigenvalue weighted by Gasteiger charge is -2.11. The number of H-pyrrole nitrogens is 1. The third kappa shape index (κ3) is 4.09. The van der Waals surface area contributed by atoms with Gasteiger partial charge in [-0.1, -0.05) is 23.9 Å². The number of amides is 1. The highest BCUT2D eigenvalue weighted by Crippen LogP contribution is 2.20. The lowest BCUT2D eigenvalue weighted by molar-refractivity contribution is -0.113. The minimum absolute atomic E-state index is 0.0339. The number of fused-ring (bicyclic) bond motifs is 1. The van der Waals surface area contributed by atoms with Gasteiger partial charge in [-0.3, -0.25) is 14.2 Å². The van der Waals surface area contributed by atoms with Gasteiger partial charge in [0.1, 0.15) is 17.1 Å². The monoisotopic (exact) mass is 412 g/mol. The highest BCUT2D eigenvalue weighted by molar-refractivity contribution is 7.99. The molecule has 0 saturated carbocycles. The van der Waals surface area contributed by atoms with Crippen molar-refractivity contribution in [2.45, 2.75) is 18.6 Å². The van der Waals surface area contributed by atoms with E-state index in [4.69, 9.17) is 4.42 Å². The molecule has 0 bridgehead atoms. The molecule has 4 aromatic rings. The molecule has 0 aliphatic rings. The predicted octanol–water partition coefficient (Wildman–Crippen LogP) is 3.54. The zero-order valence-corrected chi connectivity index (χ0v) is 16.3. The number of rotatable bonds is 6. The summed E-state index contributed by atoms with van der Waals surface area (Å²) in [6.07, 6.45) is 1.53. The molecule has 3 heterocycles. The van der Waals surface area contributed by atoms with Crippen molar-refractivity contribution in [3.8, 4) is 0 Å². The Morgan fingerprint density at radius 1 is 1.31 bits per heavy atom. The number of aryl methyl sites for hydroxylation is 1. The van der Waals surface area contributed by atoms with Gasteiger partial charge in [0.25, 0.3) is 5.56 Å². The first-order chi connectivity index (χ1) is 14.0. The van der Waals surface area contributed by atoms with E-state index >= 15 is 0 Å². The van der Waals surface area contributed by atoms with Gasteiger partial charge in [0, 0.05) is 5.69 Å². The van der Waals surface area contributed by atoms with Gasteiger partial charge >= 0.3 is 0 Å². The number of benzene rings is 1. The Hall–Kier alpha value is -3.33. The molecule has 0 spiro atoms. The van der Waals surface area contributed by atoms with Crippen LogP contribution >= 0.6 is 11.8 Å². The Labute approximate surface area is 169 Å². The maximum absolute atomic E-state index is 13.7. The summed E-state index contributed by atoms with van der Waals surface area (Å²) in [5.74, 6) is -0.352. The van der Waals surface area contributed by atoms with E-state index in [9.17, 15) is 14.0 Å². The number of aromatic amines is 1. The molecule has 0 fully saturated rings. The summed E-state index contributed by atoms with van der Waals surface area (Å²) in [7, 11) is 0. The molecule has 0 radical (unpaired) electrons. The third-order valence-corrected chi connectivity index (χ3v) is 5.19. The van der Waals surface area contributed by atoms with Gasteiger partial charge < -0.3 is 14.7 Å². The molecular weight excluding hydrogens is 395 g/mol. The first kappa shape index (κ1) is 19.0. The van der Waals surface area contributed by atoms with Gasteiger partial charge in [0.05, 0.1) is 29.8 Å². The summed E-state index contributed by atoms with van der Waals surface area (Å²) in [6, 6.07) is 11.2. The average Bonchev–Trinajstić information content (AvgIpc) is 3.33. The van der Waals surface area contributed by atoms with Gasteiger partial charge in [-0.15, -0.1) is 0 Å². The number of halogens is 1. The summed E-state index contributed by atoms with van der Waals surface area (Å²) >= 11 is 1.10. The van der Waals surface area contributed by atoms with E-state index in [1.54, 1.807) is 30.3 Å². The number of aromatic nitrogens is 3. The molecular formula is C20H17FN4O3S. The van der Waals surface area contributed by atoms with Crippen molar-refractivity contribution in [1.82, 2.24) is 14.5 Å². The van der Waals surface area contributed by atoms with Gasteiger partial charge in [-0.05, 0) is 37.3 Å². The molecule has 0 saturated heterocycles. The minimum atomic E-state index is -0.511. The summed E-state index contributed by atoms with van der Waals surface area (Å²) < 4.78 is 20.5. The fraction of sp³-hybridized carbons (Fsp3) is 0.150. The van der Waals surface area contributed by atoms with Crippen LogP contribution < -0.4 is 10.9 Å². The molecule has 148 valence electrons. The van der Waals surface area contributed by atoms with Crippen LogP contribution in [0.5, 0.6) is 0 Å². The molecule has 1 amide bonds. The molecule has 1 aromatic carbocycles. The normalized spacial score (nSPS) is 11.1. The number of hydrogen-bond donors (Lipinski definition) is 2. The largest absolute Gasteiger partial charge is 0.467 e. The van der Waals surface area contributed by atoms with Crippen molar-refractivity contribution < 1.29 is 13.6 Å². The molecule has 3 aromatic heterocycles. The number of nitrogens with zero attached hydrogens (tertiary/aromatic N) is 2. The first-order valence-electron chi connectivity index (χ1n) is 8.81. The van der Waals surface area contributed by atoms with E-state index in [0.717, 1.165) is 17.5 Å². The zero-order chi connectivity index (χ0) is 20.4. The fourth-order valence-electron chi connectivity index (χ4n) is 2.90. The van der Waals surface area contributed by atoms with E-state index in [1.165, 1.54) is 23.0 Å². The number of carbonyl (C=O) groups is 1. The van der Waals surface area contributed by atoms with Crippen molar-refractivity contribution in [3.05, 3.63) is 76.4 Å². The van der Waals surface area contributed by atoms with E-state index in [2.05, 4.69) is 15.3 Å². The smallest absolute Gasteiger partial charge is 0.278 e. The molecule has 0 unspecified atom stereocenters. The SMILES string of the molecule is Cc1cc2nc(SCC(=O)Nc3ccccc3F)n(Cc3ccco3)c(=O)c2[nH]1. The number of nitrogens with one attached hydrogen (secondary N) is 2. The fourth-order valence-corrected chi connectivity index (χ4v) is 3.70. The standard InChI is InChI=1S/C20H17FN4O3S/c1-12-9-16-18(22-12)19(27)25(10-13-5-4-8-28-13)20(24-16)29-11-17(26)23-15-7-3-2-6-14(15)21/h2-9,22H,10-11H2,1H3,(H,23,26). The van der Waals surface area contributed by atoms with Crippen molar-refractivity contribution in [2.75, 3.05) is 11.1 Å². The van der Waals surface area contributed by atoms with Crippen molar-refractivity contribution in [1.29, 1.82) is 0 Å². The summed E-state index contributed by atoms with van der Waals surface area (Å²) in [5, 5.41) is 2.90. The number of furan rings is 1. The Balaban J connectivity index is 1.60. The Kier molecular flexibility index (Phi) is 5.22. The van der Waals surface area contributed by atoms with Crippen LogP contribution in [0.3, 0.4) is 0 Å². The lowest BCUT2D eigenvalue weighted by Crippen LogP contribution is -2.24. The summed E-state index contributed by atoms with van der Waals surface area (Å²) in [5.41, 5.74) is 1.59. The van der Waals surface area contributed by atoms with Crippen LogP contribution in [0.15, 0.2) is 63.1 Å². The maximum atomic E-state index is 13.7. The molecule has 2 N–H and O–H groups in total. The van der Waals surface area contributed by atoms with Crippen molar-refractivity contribution >= 4 is 34.4 Å². The molecule has 4 rings (SSSR count). The zero-order valence-electron chi connectivity index (χ0n) is 15.4. The van der Waals surface area contributed by atoms with E-state index in [1.807, 2.05) is 6.92 Å². The third-order valence-electron chi connectivity index (χ3n) is 4.21. The highest BCUT2D eigenvalue weighted by atomic mass is 32.2. The van der Waals surface area contributed by atoms with Crippen LogP contribution in [0.25, 0.3) is 11.0 Å². The van der Waals surface area contributed by atoms with Gasteiger partial charge in [0.15, 0.2) is 5.16 Å². The van der Waals surface area contributed by atoms with E-state index < -0.39 is 11.7 Å². The maximum Gasteiger partial charge on any atom is 0.278 e. The second-order valence-electron chi connectivity index (χ2n) is 6.39. The molecule has 29 heavy (non-hydrogen) atoms. The van der Waals surface area contributed by atoms with Crippen molar-refractivity contribution in [3.63, 3.8) is 0 Å². The molecule has 0 aliphatic carbocycles. The van der Waals surface area contributed by atoms with Gasteiger partial charge in [0.2, 0.25) is 5.91 Å². The van der Waals surface area contributed by atoms with Crippen LogP contribution in [-0.2, 0) is 11.3 Å². The van der Waals surface area contributed by atoms with Crippen LogP contribution in [0.4, 0.5) is 10.1 Å². The molecule has 9 heteroatoms.